The SMILES string of the molecule is CC(CN1CC(C(=O)NCCCc2ccc(Cl)c(Cl)c2)C(=O)C1=O)c1ccccc1. The van der Waals surface area contributed by atoms with Gasteiger partial charge in [0.05, 0.1) is 10.0 Å². The second-order valence-electron chi connectivity index (χ2n) is 7.58. The Bertz CT molecular complexity index is 933. The minimum Gasteiger partial charge on any atom is -0.355 e. The highest BCUT2D eigenvalue weighted by molar-refractivity contribution is 6.42. The molecule has 0 spiro atoms. The molecule has 1 N–H and O–H groups in total. The molecule has 1 saturated heterocycles. The van der Waals surface area contributed by atoms with Gasteiger partial charge in [-0.2, -0.15) is 0 Å². The number of Topliss-reactive ketones (excluding diaryl/α,β-unsaturated/α-hetero) is 1. The van der Waals surface area contributed by atoms with Gasteiger partial charge in [-0.25, -0.2) is 0 Å². The molecule has 5 nitrogen and oxygen atoms in total. The molecular weight excluding hydrogens is 423 g/mol. The number of amides is 2. The van der Waals surface area contributed by atoms with Crippen molar-refractivity contribution < 1.29 is 14.4 Å². The van der Waals surface area contributed by atoms with Crippen molar-refractivity contribution in [1.29, 1.82) is 0 Å². The Morgan fingerprint density at radius 3 is 2.57 bits per heavy atom. The first kappa shape index (κ1) is 22.3. The molecule has 158 valence electrons. The van der Waals surface area contributed by atoms with Gasteiger partial charge in [-0.3, -0.25) is 14.4 Å². The number of carbonyl (C=O) groups is 3. The van der Waals surface area contributed by atoms with Crippen LogP contribution in [0.1, 0.15) is 30.4 Å². The van der Waals surface area contributed by atoms with E-state index in [1.165, 1.54) is 4.90 Å². The molecule has 2 atom stereocenters. The minimum atomic E-state index is -0.939. The number of rotatable bonds is 8. The van der Waals surface area contributed by atoms with E-state index in [0.29, 0.717) is 29.6 Å². The average Bonchev–Trinajstić information content (AvgIpc) is 3.02. The molecule has 1 aliphatic heterocycles. The Labute approximate surface area is 186 Å². The van der Waals surface area contributed by atoms with Crippen LogP contribution in [0.4, 0.5) is 0 Å². The molecule has 2 aromatic carbocycles. The second kappa shape index (κ2) is 10.1. The number of hydrogen-bond acceptors (Lipinski definition) is 3. The van der Waals surface area contributed by atoms with Crippen LogP contribution in [-0.2, 0) is 20.8 Å². The van der Waals surface area contributed by atoms with E-state index in [2.05, 4.69) is 5.32 Å². The van der Waals surface area contributed by atoms with E-state index in [1.807, 2.05) is 43.3 Å². The number of halogens is 2. The van der Waals surface area contributed by atoms with Crippen LogP contribution in [0.5, 0.6) is 0 Å². The van der Waals surface area contributed by atoms with Crippen molar-refractivity contribution in [1.82, 2.24) is 10.2 Å². The number of benzene rings is 2. The van der Waals surface area contributed by atoms with Crippen LogP contribution in [0.3, 0.4) is 0 Å². The molecule has 30 heavy (non-hydrogen) atoms. The Hall–Kier alpha value is -2.37. The molecular formula is C23H24Cl2N2O3. The fourth-order valence-electron chi connectivity index (χ4n) is 3.59. The van der Waals surface area contributed by atoms with Crippen LogP contribution in [0.25, 0.3) is 0 Å². The number of ketones is 1. The molecule has 0 radical (unpaired) electrons. The van der Waals surface area contributed by atoms with Crippen LogP contribution in [0.2, 0.25) is 10.0 Å². The third kappa shape index (κ3) is 5.41. The van der Waals surface area contributed by atoms with Crippen molar-refractivity contribution in [2.24, 2.45) is 5.92 Å². The Morgan fingerprint density at radius 2 is 1.87 bits per heavy atom. The molecule has 7 heteroatoms. The van der Waals surface area contributed by atoms with Gasteiger partial charge >= 0.3 is 0 Å². The lowest BCUT2D eigenvalue weighted by atomic mass is 10.0. The topological polar surface area (TPSA) is 66.5 Å². The third-order valence-electron chi connectivity index (χ3n) is 5.32. The number of hydrogen-bond donors (Lipinski definition) is 1. The van der Waals surface area contributed by atoms with Gasteiger partial charge in [0.2, 0.25) is 11.7 Å². The van der Waals surface area contributed by atoms with Crippen molar-refractivity contribution in [3.8, 4) is 0 Å². The summed E-state index contributed by atoms with van der Waals surface area (Å²) in [6.45, 7) is 2.96. The van der Waals surface area contributed by atoms with Crippen LogP contribution < -0.4 is 5.32 Å². The smallest absolute Gasteiger partial charge is 0.290 e. The van der Waals surface area contributed by atoms with Crippen molar-refractivity contribution in [3.63, 3.8) is 0 Å². The van der Waals surface area contributed by atoms with Gasteiger partial charge in [0.25, 0.3) is 5.91 Å². The standard InChI is InChI=1S/C23H24Cl2N2O3/c1-15(17-7-3-2-4-8-17)13-27-14-18(21(28)23(27)30)22(29)26-11-5-6-16-9-10-19(24)20(25)12-16/h2-4,7-10,12,15,18H,5-6,11,13-14H2,1H3,(H,26,29). The summed E-state index contributed by atoms with van der Waals surface area (Å²) in [6.07, 6.45) is 1.41. The van der Waals surface area contributed by atoms with E-state index in [-0.39, 0.29) is 12.5 Å². The summed E-state index contributed by atoms with van der Waals surface area (Å²) < 4.78 is 0. The maximum absolute atomic E-state index is 12.5. The Kier molecular flexibility index (Phi) is 7.51. The minimum absolute atomic E-state index is 0.0796. The predicted molar refractivity (Wildman–Crippen MR) is 118 cm³/mol. The summed E-state index contributed by atoms with van der Waals surface area (Å²) >= 11 is 11.9. The van der Waals surface area contributed by atoms with E-state index in [0.717, 1.165) is 17.5 Å². The average molecular weight is 447 g/mol. The van der Waals surface area contributed by atoms with Crippen molar-refractivity contribution in [3.05, 3.63) is 69.7 Å². The Balaban J connectivity index is 1.48. The quantitative estimate of drug-likeness (QED) is 0.380. The largest absolute Gasteiger partial charge is 0.355 e. The van der Waals surface area contributed by atoms with E-state index in [9.17, 15) is 14.4 Å². The van der Waals surface area contributed by atoms with Gasteiger partial charge in [-0.1, -0.05) is 66.5 Å². The van der Waals surface area contributed by atoms with Crippen molar-refractivity contribution in [2.75, 3.05) is 19.6 Å². The maximum Gasteiger partial charge on any atom is 0.290 e. The lowest BCUT2D eigenvalue weighted by molar-refractivity contribution is -0.142. The Morgan fingerprint density at radius 1 is 1.13 bits per heavy atom. The van der Waals surface area contributed by atoms with Gasteiger partial charge in [-0.05, 0) is 42.0 Å². The lowest BCUT2D eigenvalue weighted by Gasteiger charge is -2.20. The van der Waals surface area contributed by atoms with Gasteiger partial charge in [0, 0.05) is 19.6 Å². The van der Waals surface area contributed by atoms with Crippen LogP contribution >= 0.6 is 23.2 Å². The lowest BCUT2D eigenvalue weighted by Crippen LogP contribution is -2.36. The molecule has 0 aliphatic carbocycles. The fourth-order valence-corrected chi connectivity index (χ4v) is 3.91. The molecule has 2 unspecified atom stereocenters. The first-order valence-electron chi connectivity index (χ1n) is 9.96. The summed E-state index contributed by atoms with van der Waals surface area (Å²) in [5.74, 6) is -2.45. The van der Waals surface area contributed by atoms with Gasteiger partial charge in [0.15, 0.2) is 0 Å². The predicted octanol–water partition coefficient (Wildman–Crippen LogP) is 3.87. The van der Waals surface area contributed by atoms with Gasteiger partial charge in [0.1, 0.15) is 5.92 Å². The first-order chi connectivity index (χ1) is 14.4. The molecule has 0 bridgehead atoms. The van der Waals surface area contributed by atoms with Gasteiger partial charge in [-0.15, -0.1) is 0 Å². The van der Waals surface area contributed by atoms with Crippen molar-refractivity contribution in [2.45, 2.75) is 25.7 Å². The van der Waals surface area contributed by atoms with E-state index >= 15 is 0 Å². The first-order valence-corrected chi connectivity index (χ1v) is 10.7. The summed E-state index contributed by atoms with van der Waals surface area (Å²) in [6, 6.07) is 15.2. The molecule has 0 aromatic heterocycles. The molecule has 1 aliphatic rings. The van der Waals surface area contributed by atoms with Crippen LogP contribution in [0.15, 0.2) is 48.5 Å². The van der Waals surface area contributed by atoms with E-state index in [4.69, 9.17) is 23.2 Å². The monoisotopic (exact) mass is 446 g/mol. The van der Waals surface area contributed by atoms with Gasteiger partial charge < -0.3 is 10.2 Å². The summed E-state index contributed by atoms with van der Waals surface area (Å²) in [5.41, 5.74) is 2.11. The van der Waals surface area contributed by atoms with Crippen LogP contribution in [0, 0.1) is 5.92 Å². The molecule has 1 fully saturated rings. The number of likely N-dealkylation sites (tertiary alicyclic amines) is 1. The third-order valence-corrected chi connectivity index (χ3v) is 6.06. The van der Waals surface area contributed by atoms with Crippen molar-refractivity contribution >= 4 is 40.8 Å². The summed E-state index contributed by atoms with van der Waals surface area (Å²) in [7, 11) is 0. The highest BCUT2D eigenvalue weighted by Gasteiger charge is 2.43. The summed E-state index contributed by atoms with van der Waals surface area (Å²) in [5, 5.41) is 3.78. The molecule has 2 amide bonds. The molecule has 0 saturated carbocycles. The zero-order valence-electron chi connectivity index (χ0n) is 16.7. The summed E-state index contributed by atoms with van der Waals surface area (Å²) in [4.78, 5) is 38.6. The maximum atomic E-state index is 12.5. The highest BCUT2D eigenvalue weighted by atomic mass is 35.5. The molecule has 2 aromatic rings. The number of nitrogens with one attached hydrogen (secondary N) is 1. The molecule has 3 rings (SSSR count). The number of nitrogens with zero attached hydrogens (tertiary/aromatic N) is 1. The van der Waals surface area contributed by atoms with E-state index in [1.54, 1.807) is 12.1 Å². The van der Waals surface area contributed by atoms with E-state index < -0.39 is 23.5 Å². The molecule has 1 heterocycles. The second-order valence-corrected chi connectivity index (χ2v) is 8.40. The zero-order chi connectivity index (χ0) is 21.7. The zero-order valence-corrected chi connectivity index (χ0v) is 18.2. The number of carbonyl (C=O) groups excluding carboxylic acids is 3. The van der Waals surface area contributed by atoms with Crippen LogP contribution in [-0.4, -0.2) is 42.1 Å². The number of aryl methyl sites for hydroxylation is 1. The fraction of sp³-hybridized carbons (Fsp3) is 0.348. The highest BCUT2D eigenvalue weighted by Crippen LogP contribution is 2.23. The normalized spacial score (nSPS) is 17.3.